The van der Waals surface area contributed by atoms with Crippen molar-refractivity contribution in [2.24, 2.45) is 21.1 Å². The van der Waals surface area contributed by atoms with Crippen LogP contribution in [0.5, 0.6) is 0 Å². The van der Waals surface area contributed by atoms with E-state index in [0.717, 1.165) is 127 Å². The lowest BCUT2D eigenvalue weighted by Crippen LogP contribution is -2.31. The van der Waals surface area contributed by atoms with Gasteiger partial charge in [0.05, 0.1) is 5.52 Å². The van der Waals surface area contributed by atoms with E-state index in [0.29, 0.717) is 22.4 Å². The van der Waals surface area contributed by atoms with Crippen molar-refractivity contribution >= 4 is 98.4 Å². The summed E-state index contributed by atoms with van der Waals surface area (Å²) in [6.45, 7) is 4.01. The maximum Gasteiger partial charge on any atom is 0.227 e. The van der Waals surface area contributed by atoms with Crippen LogP contribution in [0.4, 0.5) is 0 Å². The van der Waals surface area contributed by atoms with E-state index in [-0.39, 0.29) is 0 Å². The van der Waals surface area contributed by atoms with Gasteiger partial charge in [-0.1, -0.05) is 158 Å². The molecule has 18 aromatic rings. The summed E-state index contributed by atoms with van der Waals surface area (Å²) in [5.41, 5.74) is 23.2. The van der Waals surface area contributed by atoms with Gasteiger partial charge in [-0.25, -0.2) is 18.7 Å². The Morgan fingerprint density at radius 3 is 1.01 bits per heavy atom. The zero-order valence-corrected chi connectivity index (χ0v) is 54.4. The van der Waals surface area contributed by atoms with E-state index in [9.17, 15) is 0 Å². The molecule has 0 bridgehead atoms. The highest BCUT2D eigenvalue weighted by Gasteiger charge is 2.24. The Morgan fingerprint density at radius 2 is 0.594 bits per heavy atom. The minimum absolute atomic E-state index is 0.332. The van der Waals surface area contributed by atoms with Crippen molar-refractivity contribution in [3.8, 4) is 67.2 Å². The Bertz CT molecular complexity index is 6110. The highest BCUT2D eigenvalue weighted by atomic mass is 16.3. The van der Waals surface area contributed by atoms with Crippen LogP contribution < -0.4 is 13.7 Å². The van der Waals surface area contributed by atoms with E-state index in [1.54, 1.807) is 12.4 Å². The molecule has 0 fully saturated rings. The molecule has 0 aliphatic carbocycles. The molecule has 7 nitrogen and oxygen atoms in total. The van der Waals surface area contributed by atoms with Crippen molar-refractivity contribution in [1.82, 2.24) is 4.98 Å². The first-order chi connectivity index (χ1) is 49.2. The minimum Gasteiger partial charge on any atom is -0.456 e. The molecule has 0 atom stereocenters. The van der Waals surface area contributed by atoms with E-state index in [4.69, 9.17) is 26.5 Å². The van der Waals surface area contributed by atoms with Crippen molar-refractivity contribution < 1.29 is 35.2 Å². The van der Waals surface area contributed by atoms with Gasteiger partial charge in [0.25, 0.3) is 0 Å². The molecule has 0 saturated carbocycles. The van der Waals surface area contributed by atoms with Crippen LogP contribution >= 0.6 is 0 Å². The summed E-state index contributed by atoms with van der Waals surface area (Å²) in [4.78, 5) is 4.72. The van der Waals surface area contributed by atoms with E-state index >= 15 is 0 Å². The van der Waals surface area contributed by atoms with Crippen molar-refractivity contribution in [1.29, 1.82) is 0 Å². The lowest BCUT2D eigenvalue weighted by molar-refractivity contribution is -0.660. The number of benzene rings is 11. The SMILES string of the molecule is Cc1c[n+](C)c(-c2cc3c(cc2C)oc2cc4ccccc4cc23)cc1-c1ccccc1.[2H]C([2H])([2H])c1c[n+](C)c(-c2cc3c(cc2C)oc2cc4ccccc4cc23)cc1-c1ccccc1.[2H]C([2H])([2H])c1c[n+](C)c(-c2cc3c(cc2C)oc2nc4ccccc4cc23)cc1-c1ccccc1. The molecule has 18 rings (SSSR count). The van der Waals surface area contributed by atoms with Crippen molar-refractivity contribution in [2.75, 3.05) is 0 Å². The number of fused-ring (bicyclic) bond motifs is 12. The largest absolute Gasteiger partial charge is 0.456 e. The molecule has 7 heteroatoms. The number of furan rings is 3. The molecule has 0 radical (unpaired) electrons. The molecule has 11 aromatic carbocycles. The second-order valence-electron chi connectivity index (χ2n) is 25.4. The second kappa shape index (κ2) is 24.0. The number of pyridine rings is 4. The molecule has 0 amide bonds. The van der Waals surface area contributed by atoms with Crippen LogP contribution in [0.1, 0.15) is 41.6 Å². The van der Waals surface area contributed by atoms with Crippen molar-refractivity contribution in [3.05, 3.63) is 301 Å². The van der Waals surface area contributed by atoms with Crippen LogP contribution in [-0.4, -0.2) is 4.98 Å². The molecule has 0 saturated heterocycles. The van der Waals surface area contributed by atoms with Gasteiger partial charge in [0.2, 0.25) is 22.8 Å². The predicted molar refractivity (Wildman–Crippen MR) is 396 cm³/mol. The maximum absolute atomic E-state index is 8.13. The zero-order chi connectivity index (χ0) is 70.5. The average Bonchev–Trinajstić information content (AvgIpc) is 1.58. The second-order valence-corrected chi connectivity index (χ2v) is 25.4. The van der Waals surface area contributed by atoms with Gasteiger partial charge in [-0.3, -0.25) is 0 Å². The first kappa shape index (κ1) is 52.7. The van der Waals surface area contributed by atoms with Crippen LogP contribution in [-0.2, 0) is 21.1 Å². The maximum atomic E-state index is 8.13. The van der Waals surface area contributed by atoms with E-state index in [2.05, 4.69) is 178 Å². The van der Waals surface area contributed by atoms with E-state index in [1.165, 1.54) is 49.7 Å². The summed E-state index contributed by atoms with van der Waals surface area (Å²) < 4.78 is 73.4. The fourth-order valence-electron chi connectivity index (χ4n) is 14.0. The lowest BCUT2D eigenvalue weighted by Gasteiger charge is -2.10. The number of aryl methyl sites for hydroxylation is 9. The molecule has 7 aromatic heterocycles. The van der Waals surface area contributed by atoms with Gasteiger partial charge < -0.3 is 13.3 Å². The van der Waals surface area contributed by atoms with Crippen molar-refractivity contribution in [2.45, 2.75) is 41.4 Å². The van der Waals surface area contributed by atoms with Gasteiger partial charge in [-0.2, -0.15) is 0 Å². The van der Waals surface area contributed by atoms with Gasteiger partial charge in [-0.15, -0.1) is 0 Å². The first-order valence-corrected chi connectivity index (χ1v) is 32.4. The number of hydrogen-bond donors (Lipinski definition) is 0. The minimum atomic E-state index is -2.23. The van der Waals surface area contributed by atoms with Gasteiger partial charge in [0, 0.05) is 97.5 Å². The van der Waals surface area contributed by atoms with Crippen LogP contribution in [0.3, 0.4) is 0 Å². The summed E-state index contributed by atoms with van der Waals surface area (Å²) in [5, 5.41) is 12.2. The van der Waals surface area contributed by atoms with Gasteiger partial charge in [0.15, 0.2) is 18.6 Å². The molecule has 96 heavy (non-hydrogen) atoms. The quantitative estimate of drug-likeness (QED) is 0.156. The van der Waals surface area contributed by atoms with E-state index < -0.39 is 13.7 Å². The fourth-order valence-corrected chi connectivity index (χ4v) is 14.0. The Balaban J connectivity index is 0.000000119. The highest BCUT2D eigenvalue weighted by molar-refractivity contribution is 6.13. The monoisotopic (exact) mass is 1250 g/mol. The Labute approximate surface area is 566 Å². The number of rotatable bonds is 6. The summed E-state index contributed by atoms with van der Waals surface area (Å²) in [6.07, 6.45) is 5.70. The molecule has 462 valence electrons. The molecular formula is C89H71N4O3+3. The third kappa shape index (κ3) is 10.7. The molecule has 7 heterocycles. The van der Waals surface area contributed by atoms with Gasteiger partial charge >= 0.3 is 0 Å². The van der Waals surface area contributed by atoms with Gasteiger partial charge in [-0.05, 0) is 186 Å². The zero-order valence-electron chi connectivity index (χ0n) is 60.4. The summed E-state index contributed by atoms with van der Waals surface area (Å²) in [7, 11) is 5.93. The first-order valence-electron chi connectivity index (χ1n) is 35.4. The Hall–Kier alpha value is -11.8. The Kier molecular flexibility index (Phi) is 13.1. The highest BCUT2D eigenvalue weighted by Crippen LogP contribution is 2.41. The molecule has 0 spiro atoms. The smallest absolute Gasteiger partial charge is 0.227 e. The molecule has 0 aliphatic rings. The Morgan fingerprint density at radius 1 is 0.281 bits per heavy atom. The normalized spacial score (nSPS) is 12.8. The number of aromatic nitrogens is 4. The van der Waals surface area contributed by atoms with Crippen LogP contribution in [0, 0.1) is 41.4 Å². The number of para-hydroxylation sites is 1. The number of nitrogens with zero attached hydrogens (tertiary/aromatic N) is 4. The standard InChI is InChI=1S/2C30H24NO.C29H23N2O/c2*1-19-13-29-27(26-14-22-11-7-8-12-23(22)15-30(26)32-29)16-25(19)28-17-24(20(2)18-31(28)3)21-9-5-4-6-10-21;1-18-13-28-24(25-14-21-11-7-8-12-26(21)30-29(25)32-28)15-23(18)27-16-22(19(2)17-31(27)3)20-9-5-4-6-10-20/h2*4-18H,1-3H3;4-17H,1-3H3/q3*+1/i2D3;;2D3. The lowest BCUT2D eigenvalue weighted by atomic mass is 9.96. The van der Waals surface area contributed by atoms with Gasteiger partial charge in [0.1, 0.15) is 49.1 Å². The van der Waals surface area contributed by atoms with Crippen LogP contribution in [0.15, 0.2) is 281 Å². The molecule has 0 N–H and O–H groups in total. The summed E-state index contributed by atoms with van der Waals surface area (Å²) in [6, 6.07) is 84.8. The third-order valence-electron chi connectivity index (χ3n) is 19.0. The molecular weight excluding hydrogens is 1170 g/mol. The van der Waals surface area contributed by atoms with E-state index in [1.807, 2.05) is 139 Å². The fraction of sp³-hybridized carbons (Fsp3) is 0.101. The number of hydrogen-bond acceptors (Lipinski definition) is 4. The topological polar surface area (TPSA) is 64.0 Å². The third-order valence-corrected chi connectivity index (χ3v) is 19.0. The predicted octanol–water partition coefficient (Wildman–Crippen LogP) is 21.9. The summed E-state index contributed by atoms with van der Waals surface area (Å²) >= 11 is 0. The van der Waals surface area contributed by atoms with Crippen LogP contribution in [0.25, 0.3) is 166 Å². The molecule has 0 aliphatic heterocycles. The molecule has 0 unspecified atom stereocenters. The van der Waals surface area contributed by atoms with Crippen molar-refractivity contribution in [3.63, 3.8) is 0 Å². The summed E-state index contributed by atoms with van der Waals surface area (Å²) in [5.74, 6) is 0. The van der Waals surface area contributed by atoms with Crippen LogP contribution in [0.2, 0.25) is 0 Å². The average molecular weight is 1250 g/mol.